The molecule has 1 aromatic carbocycles. The van der Waals surface area contributed by atoms with Gasteiger partial charge in [-0.05, 0) is 24.3 Å². The summed E-state index contributed by atoms with van der Waals surface area (Å²) in [6.45, 7) is 7.51. The molecule has 1 fully saturated rings. The molecule has 0 saturated carbocycles. The van der Waals surface area contributed by atoms with Gasteiger partial charge >= 0.3 is 0 Å². The van der Waals surface area contributed by atoms with Crippen LogP contribution in [0.15, 0.2) is 41.5 Å². The van der Waals surface area contributed by atoms with Gasteiger partial charge in [-0.25, -0.2) is 14.4 Å². The number of aryl methyl sites for hydroxylation is 1. The molecular formula is C26H28ClFN6O2. The van der Waals surface area contributed by atoms with Crippen LogP contribution in [0.25, 0.3) is 22.2 Å². The molecule has 0 bridgehead atoms. The van der Waals surface area contributed by atoms with Crippen molar-refractivity contribution in [1.29, 1.82) is 0 Å². The van der Waals surface area contributed by atoms with Gasteiger partial charge < -0.3 is 9.64 Å². The van der Waals surface area contributed by atoms with Crippen molar-refractivity contribution in [2.45, 2.75) is 32.3 Å². The maximum Gasteiger partial charge on any atom is 0.261 e. The third-order valence-electron chi connectivity index (χ3n) is 6.39. The highest BCUT2D eigenvalue weighted by atomic mass is 35.5. The molecule has 1 aliphatic heterocycles. The zero-order valence-corrected chi connectivity index (χ0v) is 21.7. The second kappa shape index (κ2) is 8.97. The molecule has 36 heavy (non-hydrogen) atoms. The fourth-order valence-electron chi connectivity index (χ4n) is 4.63. The summed E-state index contributed by atoms with van der Waals surface area (Å²) in [5, 5.41) is 4.91. The average Bonchev–Trinajstić information content (AvgIpc) is 3.26. The number of fused-ring (bicyclic) bond motifs is 1. The number of anilines is 1. The summed E-state index contributed by atoms with van der Waals surface area (Å²) in [5.74, 6) is 0.628. The SMILES string of the molecule is Cn1cc([C@@H]2CN(c3cc4c(=O)n(C)c(C(C)(C)C)nc4c(-c4ccc(Cl)cc4F)n3)CCO2)cn1. The predicted molar refractivity (Wildman–Crippen MR) is 138 cm³/mol. The summed E-state index contributed by atoms with van der Waals surface area (Å²) in [6, 6.07) is 6.19. The van der Waals surface area contributed by atoms with Gasteiger partial charge in [0.25, 0.3) is 5.56 Å². The number of hydrogen-bond donors (Lipinski definition) is 0. The molecule has 5 rings (SSSR count). The van der Waals surface area contributed by atoms with Crippen LogP contribution in [0.2, 0.25) is 5.02 Å². The third-order valence-corrected chi connectivity index (χ3v) is 6.63. The summed E-state index contributed by atoms with van der Waals surface area (Å²) >= 11 is 6.02. The monoisotopic (exact) mass is 510 g/mol. The maximum atomic E-state index is 15.2. The summed E-state index contributed by atoms with van der Waals surface area (Å²) in [6.07, 6.45) is 3.50. The number of ether oxygens (including phenoxy) is 1. The standard InChI is InChI=1S/C26H28ClFN6O2/c1-26(2,3)25-31-23-18(24(35)33(25)5)11-21(30-22(23)17-7-6-16(27)10-19(17)28)34-8-9-36-20(14-34)15-12-29-32(4)13-15/h6-7,10-13,20H,8-9,14H2,1-5H3/t20-/m0/s1. The van der Waals surface area contributed by atoms with Crippen LogP contribution in [0.4, 0.5) is 10.2 Å². The van der Waals surface area contributed by atoms with Crippen LogP contribution in [-0.4, -0.2) is 44.0 Å². The molecule has 3 aromatic heterocycles. The Kier molecular flexibility index (Phi) is 6.08. The van der Waals surface area contributed by atoms with E-state index in [-0.39, 0.29) is 22.2 Å². The third kappa shape index (κ3) is 4.37. The van der Waals surface area contributed by atoms with Crippen molar-refractivity contribution in [3.8, 4) is 11.3 Å². The van der Waals surface area contributed by atoms with Crippen LogP contribution < -0.4 is 10.5 Å². The van der Waals surface area contributed by atoms with E-state index in [2.05, 4.69) is 10.00 Å². The van der Waals surface area contributed by atoms with E-state index in [1.54, 1.807) is 40.7 Å². The summed E-state index contributed by atoms with van der Waals surface area (Å²) in [7, 11) is 3.57. The number of rotatable bonds is 3. The fraction of sp³-hybridized carbons (Fsp3) is 0.385. The number of morpholine rings is 1. The van der Waals surface area contributed by atoms with Crippen molar-refractivity contribution < 1.29 is 9.13 Å². The molecule has 1 aliphatic rings. The van der Waals surface area contributed by atoms with Crippen molar-refractivity contribution in [3.63, 3.8) is 0 Å². The molecular weight excluding hydrogens is 483 g/mol. The van der Waals surface area contributed by atoms with Crippen LogP contribution in [0, 0.1) is 5.82 Å². The van der Waals surface area contributed by atoms with Gasteiger partial charge in [-0.1, -0.05) is 32.4 Å². The van der Waals surface area contributed by atoms with Crippen LogP contribution >= 0.6 is 11.6 Å². The van der Waals surface area contributed by atoms with Gasteiger partial charge in [-0.15, -0.1) is 0 Å². The van der Waals surface area contributed by atoms with Gasteiger partial charge in [-0.2, -0.15) is 5.10 Å². The predicted octanol–water partition coefficient (Wildman–Crippen LogP) is 4.40. The van der Waals surface area contributed by atoms with Crippen molar-refractivity contribution >= 4 is 28.3 Å². The van der Waals surface area contributed by atoms with Gasteiger partial charge in [-0.3, -0.25) is 14.0 Å². The smallest absolute Gasteiger partial charge is 0.261 e. The van der Waals surface area contributed by atoms with E-state index < -0.39 is 11.2 Å². The molecule has 188 valence electrons. The van der Waals surface area contributed by atoms with E-state index in [4.69, 9.17) is 26.3 Å². The van der Waals surface area contributed by atoms with Crippen LogP contribution in [0.1, 0.15) is 38.3 Å². The Morgan fingerprint density at radius 1 is 1.17 bits per heavy atom. The average molecular weight is 511 g/mol. The summed E-state index contributed by atoms with van der Waals surface area (Å²) < 4.78 is 24.4. The lowest BCUT2D eigenvalue weighted by Crippen LogP contribution is -2.39. The molecule has 10 heteroatoms. The van der Waals surface area contributed by atoms with Gasteiger partial charge in [0, 0.05) is 54.9 Å². The Labute approximate surface area is 213 Å². The zero-order chi connectivity index (χ0) is 25.8. The molecule has 0 amide bonds. The Hall–Kier alpha value is -3.30. The molecule has 0 radical (unpaired) electrons. The van der Waals surface area contributed by atoms with Crippen molar-refractivity contribution in [1.82, 2.24) is 24.3 Å². The van der Waals surface area contributed by atoms with Crippen LogP contribution in [0.3, 0.4) is 0 Å². The van der Waals surface area contributed by atoms with E-state index in [0.29, 0.717) is 47.9 Å². The molecule has 0 N–H and O–H groups in total. The lowest BCUT2D eigenvalue weighted by molar-refractivity contribution is 0.0395. The Morgan fingerprint density at radius 2 is 1.94 bits per heavy atom. The topological polar surface area (TPSA) is 78.1 Å². The molecule has 4 heterocycles. The molecule has 1 saturated heterocycles. The minimum Gasteiger partial charge on any atom is -0.370 e. The Morgan fingerprint density at radius 3 is 2.61 bits per heavy atom. The van der Waals surface area contributed by atoms with E-state index in [9.17, 15) is 4.79 Å². The molecule has 4 aromatic rings. The maximum absolute atomic E-state index is 15.2. The molecule has 0 spiro atoms. The summed E-state index contributed by atoms with van der Waals surface area (Å²) in [5.41, 5.74) is 1.26. The highest BCUT2D eigenvalue weighted by Gasteiger charge is 2.28. The minimum atomic E-state index is -0.525. The second-order valence-corrected chi connectivity index (χ2v) is 10.6. The number of benzene rings is 1. The first kappa shape index (κ1) is 24.4. The van der Waals surface area contributed by atoms with Crippen molar-refractivity contribution in [2.75, 3.05) is 24.6 Å². The lowest BCUT2D eigenvalue weighted by Gasteiger charge is -2.33. The highest BCUT2D eigenvalue weighted by Crippen LogP contribution is 2.34. The first-order valence-corrected chi connectivity index (χ1v) is 12.1. The Bertz CT molecular complexity index is 1520. The van der Waals surface area contributed by atoms with E-state index in [0.717, 1.165) is 5.56 Å². The largest absolute Gasteiger partial charge is 0.370 e. The highest BCUT2D eigenvalue weighted by molar-refractivity contribution is 6.30. The van der Waals surface area contributed by atoms with E-state index in [1.165, 1.54) is 6.07 Å². The number of nitrogens with zero attached hydrogens (tertiary/aromatic N) is 6. The second-order valence-electron chi connectivity index (χ2n) is 10.2. The normalized spacial score (nSPS) is 16.6. The molecule has 1 atom stereocenters. The first-order valence-electron chi connectivity index (χ1n) is 11.8. The van der Waals surface area contributed by atoms with E-state index in [1.807, 2.05) is 34.0 Å². The first-order chi connectivity index (χ1) is 17.0. The van der Waals surface area contributed by atoms with Crippen LogP contribution in [0.5, 0.6) is 0 Å². The van der Waals surface area contributed by atoms with Gasteiger partial charge in [0.15, 0.2) is 0 Å². The van der Waals surface area contributed by atoms with Crippen LogP contribution in [-0.2, 0) is 24.2 Å². The van der Waals surface area contributed by atoms with E-state index >= 15 is 4.39 Å². The number of pyridine rings is 1. The fourth-order valence-corrected chi connectivity index (χ4v) is 4.79. The minimum absolute atomic E-state index is 0.204. The van der Waals surface area contributed by atoms with Gasteiger partial charge in [0.05, 0.1) is 18.2 Å². The molecule has 0 unspecified atom stereocenters. The number of hydrogen-bond acceptors (Lipinski definition) is 6. The van der Waals surface area contributed by atoms with Gasteiger partial charge in [0.2, 0.25) is 0 Å². The molecule has 8 nitrogen and oxygen atoms in total. The zero-order valence-electron chi connectivity index (χ0n) is 20.9. The Balaban J connectivity index is 1.71. The number of aromatic nitrogens is 5. The molecule has 0 aliphatic carbocycles. The van der Waals surface area contributed by atoms with Gasteiger partial charge in [0.1, 0.15) is 34.8 Å². The van der Waals surface area contributed by atoms with Crippen molar-refractivity contribution in [2.24, 2.45) is 14.1 Å². The number of halogens is 2. The van der Waals surface area contributed by atoms with Crippen molar-refractivity contribution in [3.05, 3.63) is 69.2 Å². The quantitative estimate of drug-likeness (QED) is 0.406. The summed E-state index contributed by atoms with van der Waals surface area (Å²) in [4.78, 5) is 25.3. The lowest BCUT2D eigenvalue weighted by atomic mass is 9.95.